The number of anilines is 1. The quantitative estimate of drug-likeness (QED) is 0.650. The fraction of sp³-hybridized carbons (Fsp3) is 0.588. The first-order chi connectivity index (χ1) is 10.1. The van der Waals surface area contributed by atoms with Crippen LogP contribution in [-0.4, -0.2) is 36.3 Å². The van der Waals surface area contributed by atoms with Crippen molar-refractivity contribution in [2.24, 2.45) is 5.92 Å². The summed E-state index contributed by atoms with van der Waals surface area (Å²) in [5.74, 6) is 1.56. The topological polar surface area (TPSA) is 48.4 Å². The number of nitrogens with one attached hydrogen (secondary N) is 1. The van der Waals surface area contributed by atoms with E-state index in [0.29, 0.717) is 19.0 Å². The summed E-state index contributed by atoms with van der Waals surface area (Å²) in [6.07, 6.45) is 2.75. The van der Waals surface area contributed by atoms with E-state index in [1.54, 1.807) is 0 Å². The second-order valence-electron chi connectivity index (χ2n) is 5.66. The molecule has 0 fully saturated rings. The lowest BCUT2D eigenvalue weighted by atomic mass is 10.1. The van der Waals surface area contributed by atoms with E-state index in [1.807, 2.05) is 6.08 Å². The predicted molar refractivity (Wildman–Crippen MR) is 89.7 cm³/mol. The van der Waals surface area contributed by atoms with E-state index in [2.05, 4.69) is 54.7 Å². The molecule has 0 unspecified atom stereocenters. The van der Waals surface area contributed by atoms with Crippen molar-refractivity contribution in [1.82, 2.24) is 10.3 Å². The Hall–Kier alpha value is -1.39. The molecule has 2 N–H and O–H groups in total. The molecule has 0 aliphatic carbocycles. The maximum Gasteiger partial charge on any atom is 0.129 e. The molecule has 1 aromatic heterocycles. The highest BCUT2D eigenvalue weighted by molar-refractivity contribution is 5.43. The first-order valence-corrected chi connectivity index (χ1v) is 7.77. The molecule has 21 heavy (non-hydrogen) atoms. The Balaban J connectivity index is 2.89. The summed E-state index contributed by atoms with van der Waals surface area (Å²) in [7, 11) is 0. The van der Waals surface area contributed by atoms with Gasteiger partial charge in [0, 0.05) is 25.3 Å². The van der Waals surface area contributed by atoms with Crippen LogP contribution in [0.3, 0.4) is 0 Å². The molecule has 0 aliphatic heterocycles. The van der Waals surface area contributed by atoms with E-state index < -0.39 is 0 Å². The fourth-order valence-corrected chi connectivity index (χ4v) is 2.16. The maximum absolute atomic E-state index is 9.21. The van der Waals surface area contributed by atoms with Crippen LogP contribution in [-0.2, 0) is 13.0 Å². The molecule has 0 radical (unpaired) electrons. The van der Waals surface area contributed by atoms with Crippen LogP contribution in [0.25, 0.3) is 0 Å². The van der Waals surface area contributed by atoms with E-state index in [0.717, 1.165) is 31.0 Å². The van der Waals surface area contributed by atoms with Crippen LogP contribution in [0.2, 0.25) is 0 Å². The third-order valence-corrected chi connectivity index (χ3v) is 3.21. The Labute approximate surface area is 128 Å². The number of aromatic nitrogens is 1. The minimum atomic E-state index is 0.118. The molecule has 0 amide bonds. The highest BCUT2D eigenvalue weighted by Crippen LogP contribution is 2.16. The summed E-state index contributed by atoms with van der Waals surface area (Å²) in [6, 6.07) is 4.26. The molecular formula is C17H29N3O. The number of rotatable bonds is 10. The van der Waals surface area contributed by atoms with E-state index in [9.17, 15) is 5.11 Å². The molecule has 4 nitrogen and oxygen atoms in total. The van der Waals surface area contributed by atoms with Gasteiger partial charge in [-0.25, -0.2) is 4.98 Å². The largest absolute Gasteiger partial charge is 0.395 e. The van der Waals surface area contributed by atoms with Crippen molar-refractivity contribution in [3.63, 3.8) is 0 Å². The lowest BCUT2D eigenvalue weighted by Crippen LogP contribution is -2.28. The molecule has 0 aromatic carbocycles. The number of aliphatic hydroxyl groups excluding tert-OH is 1. The Kier molecular flexibility index (Phi) is 8.01. The van der Waals surface area contributed by atoms with Gasteiger partial charge >= 0.3 is 0 Å². The smallest absolute Gasteiger partial charge is 0.129 e. The molecule has 1 aromatic rings. The molecule has 4 heteroatoms. The Bertz CT molecular complexity index is 432. The molecular weight excluding hydrogens is 262 g/mol. The zero-order valence-corrected chi connectivity index (χ0v) is 13.6. The van der Waals surface area contributed by atoms with Gasteiger partial charge in [0.05, 0.1) is 6.61 Å². The zero-order chi connectivity index (χ0) is 15.7. The summed E-state index contributed by atoms with van der Waals surface area (Å²) < 4.78 is 0. The summed E-state index contributed by atoms with van der Waals surface area (Å²) in [5, 5.41) is 12.7. The maximum atomic E-state index is 9.21. The number of hydrogen-bond donors (Lipinski definition) is 2. The van der Waals surface area contributed by atoms with E-state index >= 15 is 0 Å². The molecule has 0 saturated heterocycles. The number of aryl methyl sites for hydroxylation is 1. The van der Waals surface area contributed by atoms with Crippen LogP contribution in [0, 0.1) is 5.92 Å². The van der Waals surface area contributed by atoms with Crippen LogP contribution in [0.1, 0.15) is 32.0 Å². The predicted octanol–water partition coefficient (Wildman–Crippen LogP) is 2.37. The standard InChI is InChI=1S/C17H29N3O/c1-5-7-20(8-9-21)17-11-15(10-16(6-2)19-17)13-18-12-14(3)4/h5,10-11,14,18,21H,1,6-9,12-13H2,2-4H3. The minimum absolute atomic E-state index is 0.118. The molecule has 118 valence electrons. The molecule has 1 rings (SSSR count). The highest BCUT2D eigenvalue weighted by Gasteiger charge is 2.09. The molecule has 0 atom stereocenters. The van der Waals surface area contributed by atoms with Gasteiger partial charge < -0.3 is 15.3 Å². The van der Waals surface area contributed by atoms with Crippen molar-refractivity contribution in [2.45, 2.75) is 33.7 Å². The van der Waals surface area contributed by atoms with Gasteiger partial charge in [-0.15, -0.1) is 6.58 Å². The van der Waals surface area contributed by atoms with Gasteiger partial charge in [-0.2, -0.15) is 0 Å². The van der Waals surface area contributed by atoms with Crippen molar-refractivity contribution in [3.05, 3.63) is 36.0 Å². The van der Waals surface area contributed by atoms with Crippen molar-refractivity contribution >= 4 is 5.82 Å². The third-order valence-electron chi connectivity index (χ3n) is 3.21. The molecule has 0 saturated carbocycles. The average molecular weight is 291 g/mol. The fourth-order valence-electron chi connectivity index (χ4n) is 2.16. The third kappa shape index (κ3) is 6.27. The van der Waals surface area contributed by atoms with Crippen molar-refractivity contribution in [1.29, 1.82) is 0 Å². The summed E-state index contributed by atoms with van der Waals surface area (Å²) >= 11 is 0. The van der Waals surface area contributed by atoms with Gasteiger partial charge in [0.2, 0.25) is 0 Å². The van der Waals surface area contributed by atoms with Crippen LogP contribution in [0.4, 0.5) is 5.82 Å². The normalized spacial score (nSPS) is 10.9. The molecule has 0 aliphatic rings. The van der Waals surface area contributed by atoms with Gasteiger partial charge in [-0.05, 0) is 36.6 Å². The van der Waals surface area contributed by atoms with E-state index in [4.69, 9.17) is 0 Å². The second kappa shape index (κ2) is 9.53. The number of nitrogens with zero attached hydrogens (tertiary/aromatic N) is 2. The Morgan fingerprint density at radius 2 is 2.19 bits per heavy atom. The first kappa shape index (κ1) is 17.7. The second-order valence-corrected chi connectivity index (χ2v) is 5.66. The number of aliphatic hydroxyl groups is 1. The van der Waals surface area contributed by atoms with Gasteiger partial charge in [0.15, 0.2) is 0 Å². The zero-order valence-electron chi connectivity index (χ0n) is 13.6. The van der Waals surface area contributed by atoms with Gasteiger partial charge in [-0.1, -0.05) is 26.8 Å². The lowest BCUT2D eigenvalue weighted by molar-refractivity contribution is 0.302. The van der Waals surface area contributed by atoms with Crippen molar-refractivity contribution in [3.8, 4) is 0 Å². The number of hydrogen-bond acceptors (Lipinski definition) is 4. The molecule has 0 spiro atoms. The van der Waals surface area contributed by atoms with Gasteiger partial charge in [0.1, 0.15) is 5.82 Å². The van der Waals surface area contributed by atoms with E-state index in [-0.39, 0.29) is 6.61 Å². The van der Waals surface area contributed by atoms with Gasteiger partial charge in [-0.3, -0.25) is 0 Å². The summed E-state index contributed by atoms with van der Waals surface area (Å²) in [4.78, 5) is 6.73. The van der Waals surface area contributed by atoms with Crippen LogP contribution in [0.5, 0.6) is 0 Å². The van der Waals surface area contributed by atoms with Crippen molar-refractivity contribution in [2.75, 3.05) is 31.1 Å². The van der Waals surface area contributed by atoms with Crippen molar-refractivity contribution < 1.29 is 5.11 Å². The Morgan fingerprint density at radius 3 is 2.76 bits per heavy atom. The van der Waals surface area contributed by atoms with Crippen LogP contribution in [0.15, 0.2) is 24.8 Å². The molecule has 0 bridgehead atoms. The highest BCUT2D eigenvalue weighted by atomic mass is 16.3. The average Bonchev–Trinajstić information content (AvgIpc) is 2.46. The molecule has 1 heterocycles. The summed E-state index contributed by atoms with van der Waals surface area (Å²) in [5.41, 5.74) is 2.32. The Morgan fingerprint density at radius 1 is 1.43 bits per heavy atom. The number of pyridine rings is 1. The SMILES string of the molecule is C=CCN(CCO)c1cc(CNCC(C)C)cc(CC)n1. The van der Waals surface area contributed by atoms with Crippen LogP contribution >= 0.6 is 0 Å². The van der Waals surface area contributed by atoms with E-state index in [1.165, 1.54) is 5.56 Å². The van der Waals surface area contributed by atoms with Gasteiger partial charge in [0.25, 0.3) is 0 Å². The first-order valence-electron chi connectivity index (χ1n) is 7.77. The minimum Gasteiger partial charge on any atom is -0.395 e. The summed E-state index contributed by atoms with van der Waals surface area (Å²) in [6.45, 7) is 13.5. The lowest BCUT2D eigenvalue weighted by Gasteiger charge is -2.22. The monoisotopic (exact) mass is 291 g/mol. The van der Waals surface area contributed by atoms with Crippen LogP contribution < -0.4 is 10.2 Å².